The minimum Gasteiger partial charge on any atom is -0.508 e. The van der Waals surface area contributed by atoms with E-state index < -0.39 is 11.9 Å². The van der Waals surface area contributed by atoms with Crippen LogP contribution in [0.15, 0.2) is 72.8 Å². The molecule has 0 radical (unpaired) electrons. The second kappa shape index (κ2) is 8.90. The van der Waals surface area contributed by atoms with Crippen molar-refractivity contribution in [2.75, 3.05) is 6.61 Å². The third-order valence-electron chi connectivity index (χ3n) is 5.99. The second-order valence-corrected chi connectivity index (χ2v) is 8.34. The Morgan fingerprint density at radius 1 is 0.853 bits per heavy atom. The Bertz CT molecular complexity index is 1400. The summed E-state index contributed by atoms with van der Waals surface area (Å²) in [5.74, 6) is -0.366. The van der Waals surface area contributed by atoms with Crippen molar-refractivity contribution in [2.24, 2.45) is 0 Å². The monoisotopic (exact) mass is 454 g/mol. The van der Waals surface area contributed by atoms with Crippen LogP contribution < -0.4 is 4.74 Å². The van der Waals surface area contributed by atoms with Crippen molar-refractivity contribution in [3.63, 3.8) is 0 Å². The number of aromatic carboxylic acids is 1. The highest BCUT2D eigenvalue weighted by Gasteiger charge is 2.14. The number of phenolic OH excluding ortho intramolecular Hbond substituents is 1. The first-order valence-electron chi connectivity index (χ1n) is 11.0. The maximum absolute atomic E-state index is 12.7. The topological polar surface area (TPSA) is 93.1 Å². The lowest BCUT2D eigenvalue weighted by Gasteiger charge is -2.10. The van der Waals surface area contributed by atoms with Crippen LogP contribution in [0, 0.1) is 0 Å². The van der Waals surface area contributed by atoms with E-state index in [9.17, 15) is 14.7 Å². The molecule has 1 heterocycles. The number of carboxylic acids is 1. The summed E-state index contributed by atoms with van der Waals surface area (Å²) in [6, 6.07) is 21.1. The number of hydrogen-bond donors (Lipinski definition) is 2. The minimum atomic E-state index is -0.982. The SMILES string of the molecule is O=C(O)c1ccc(Cc2cc3cc(C(=O)OCc4ccc5c(c4)CCO5)ccc3cc2O)cc1. The quantitative estimate of drug-likeness (QED) is 0.393. The summed E-state index contributed by atoms with van der Waals surface area (Å²) in [6.07, 6.45) is 1.29. The fraction of sp³-hybridized carbons (Fsp3) is 0.143. The van der Waals surface area contributed by atoms with Crippen molar-refractivity contribution in [1.29, 1.82) is 0 Å². The average molecular weight is 454 g/mol. The van der Waals surface area contributed by atoms with Gasteiger partial charge in [0.25, 0.3) is 0 Å². The maximum atomic E-state index is 12.7. The first kappa shape index (κ1) is 21.5. The van der Waals surface area contributed by atoms with E-state index >= 15 is 0 Å². The lowest BCUT2D eigenvalue weighted by Crippen LogP contribution is -2.05. The van der Waals surface area contributed by atoms with E-state index in [1.54, 1.807) is 36.4 Å². The Hall–Kier alpha value is -4.32. The number of carboxylic acid groups (broad SMARTS) is 1. The van der Waals surface area contributed by atoms with Crippen LogP contribution in [0.2, 0.25) is 0 Å². The molecule has 0 fully saturated rings. The van der Waals surface area contributed by atoms with Gasteiger partial charge in [-0.15, -0.1) is 0 Å². The standard InChI is InChI=1S/C28H22O6/c29-25-15-20-6-7-22(28(32)34-16-18-3-8-26-21(12-18)9-10-33-26)13-23(20)14-24(25)11-17-1-4-19(5-2-17)27(30)31/h1-8,12-15,29H,9-11,16H2,(H,30,31). The summed E-state index contributed by atoms with van der Waals surface area (Å²) < 4.78 is 11.0. The molecule has 4 aromatic carbocycles. The Morgan fingerprint density at radius 3 is 2.41 bits per heavy atom. The average Bonchev–Trinajstić information content (AvgIpc) is 3.31. The number of esters is 1. The molecule has 1 aliphatic heterocycles. The number of rotatable bonds is 6. The van der Waals surface area contributed by atoms with Crippen molar-refractivity contribution in [2.45, 2.75) is 19.4 Å². The van der Waals surface area contributed by atoms with Gasteiger partial charge in [-0.05, 0) is 81.6 Å². The molecule has 0 saturated heterocycles. The van der Waals surface area contributed by atoms with Gasteiger partial charge in [0.05, 0.1) is 17.7 Å². The van der Waals surface area contributed by atoms with Crippen LogP contribution >= 0.6 is 0 Å². The normalized spacial score (nSPS) is 12.2. The van der Waals surface area contributed by atoms with Crippen LogP contribution in [0.4, 0.5) is 0 Å². The number of aromatic hydroxyl groups is 1. The zero-order chi connectivity index (χ0) is 23.7. The molecule has 0 spiro atoms. The largest absolute Gasteiger partial charge is 0.508 e. The number of hydrogen-bond acceptors (Lipinski definition) is 5. The Morgan fingerprint density at radius 2 is 1.62 bits per heavy atom. The first-order valence-corrected chi connectivity index (χ1v) is 11.0. The zero-order valence-electron chi connectivity index (χ0n) is 18.3. The van der Waals surface area contributed by atoms with Crippen LogP contribution in [0.1, 0.15) is 43.0 Å². The third-order valence-corrected chi connectivity index (χ3v) is 5.99. The highest BCUT2D eigenvalue weighted by molar-refractivity contribution is 5.96. The van der Waals surface area contributed by atoms with Crippen LogP contribution in [0.3, 0.4) is 0 Å². The molecule has 0 saturated carbocycles. The Balaban J connectivity index is 1.33. The highest BCUT2D eigenvalue weighted by Crippen LogP contribution is 2.29. The number of carbonyl (C=O) groups is 2. The molecule has 0 aliphatic carbocycles. The molecule has 2 N–H and O–H groups in total. The highest BCUT2D eigenvalue weighted by atomic mass is 16.5. The first-order chi connectivity index (χ1) is 16.5. The molecule has 0 atom stereocenters. The summed E-state index contributed by atoms with van der Waals surface area (Å²) in [5.41, 5.74) is 4.24. The van der Waals surface area contributed by atoms with E-state index in [1.807, 2.05) is 24.3 Å². The summed E-state index contributed by atoms with van der Waals surface area (Å²) in [6.45, 7) is 0.859. The molecular formula is C28H22O6. The molecule has 0 aromatic heterocycles. The molecular weight excluding hydrogens is 432 g/mol. The van der Waals surface area contributed by atoms with E-state index in [1.165, 1.54) is 12.1 Å². The van der Waals surface area contributed by atoms with E-state index in [-0.39, 0.29) is 17.9 Å². The molecule has 4 aromatic rings. The third kappa shape index (κ3) is 4.43. The Kier molecular flexibility index (Phi) is 5.64. The summed E-state index contributed by atoms with van der Waals surface area (Å²) in [7, 11) is 0. The predicted octanol–water partition coefficient (Wildman–Crippen LogP) is 5.13. The minimum absolute atomic E-state index is 0.144. The molecule has 170 valence electrons. The van der Waals surface area contributed by atoms with Gasteiger partial charge in [0.15, 0.2) is 0 Å². The smallest absolute Gasteiger partial charge is 0.338 e. The summed E-state index contributed by atoms with van der Waals surface area (Å²) in [5, 5.41) is 21.1. The van der Waals surface area contributed by atoms with E-state index in [4.69, 9.17) is 14.6 Å². The van der Waals surface area contributed by atoms with E-state index in [2.05, 4.69) is 0 Å². The van der Waals surface area contributed by atoms with Gasteiger partial charge in [0.2, 0.25) is 0 Å². The second-order valence-electron chi connectivity index (χ2n) is 8.34. The van der Waals surface area contributed by atoms with Crippen molar-refractivity contribution in [1.82, 2.24) is 0 Å². The van der Waals surface area contributed by atoms with Gasteiger partial charge in [0, 0.05) is 12.8 Å². The molecule has 0 amide bonds. The van der Waals surface area contributed by atoms with Crippen molar-refractivity contribution < 1.29 is 29.3 Å². The van der Waals surface area contributed by atoms with Gasteiger partial charge in [-0.3, -0.25) is 0 Å². The number of benzene rings is 4. The van der Waals surface area contributed by atoms with Crippen molar-refractivity contribution in [3.05, 3.63) is 106 Å². The Labute approximate surface area is 196 Å². The van der Waals surface area contributed by atoms with Crippen molar-refractivity contribution >= 4 is 22.7 Å². The fourth-order valence-electron chi connectivity index (χ4n) is 4.15. The number of fused-ring (bicyclic) bond motifs is 2. The maximum Gasteiger partial charge on any atom is 0.338 e. The summed E-state index contributed by atoms with van der Waals surface area (Å²) >= 11 is 0. The van der Waals surface area contributed by atoms with Gasteiger partial charge < -0.3 is 19.7 Å². The van der Waals surface area contributed by atoms with Gasteiger partial charge in [-0.1, -0.05) is 24.3 Å². The zero-order valence-corrected chi connectivity index (χ0v) is 18.3. The lowest BCUT2D eigenvalue weighted by atomic mass is 9.98. The number of ether oxygens (including phenoxy) is 2. The molecule has 34 heavy (non-hydrogen) atoms. The van der Waals surface area contributed by atoms with Crippen molar-refractivity contribution in [3.8, 4) is 11.5 Å². The van der Waals surface area contributed by atoms with Crippen LogP contribution in [0.5, 0.6) is 11.5 Å². The van der Waals surface area contributed by atoms with Gasteiger partial charge in [0.1, 0.15) is 18.1 Å². The van der Waals surface area contributed by atoms with Gasteiger partial charge in [-0.25, -0.2) is 9.59 Å². The molecule has 1 aliphatic rings. The fourth-order valence-corrected chi connectivity index (χ4v) is 4.15. The number of carbonyl (C=O) groups excluding carboxylic acids is 1. The van der Waals surface area contributed by atoms with E-state index in [0.717, 1.165) is 39.6 Å². The molecule has 6 heteroatoms. The summed E-state index contributed by atoms with van der Waals surface area (Å²) in [4.78, 5) is 23.7. The van der Waals surface area contributed by atoms with Crippen LogP contribution in [0.25, 0.3) is 10.8 Å². The lowest BCUT2D eigenvalue weighted by molar-refractivity contribution is 0.0472. The van der Waals surface area contributed by atoms with Gasteiger partial charge >= 0.3 is 11.9 Å². The van der Waals surface area contributed by atoms with E-state index in [0.29, 0.717) is 24.2 Å². The number of phenols is 1. The molecule has 0 unspecified atom stereocenters. The molecule has 0 bridgehead atoms. The molecule has 6 nitrogen and oxygen atoms in total. The molecule has 5 rings (SSSR count). The van der Waals surface area contributed by atoms with Crippen LogP contribution in [-0.2, 0) is 24.2 Å². The van der Waals surface area contributed by atoms with Gasteiger partial charge in [-0.2, -0.15) is 0 Å². The van der Waals surface area contributed by atoms with Crippen LogP contribution in [-0.4, -0.2) is 28.8 Å². The predicted molar refractivity (Wildman–Crippen MR) is 127 cm³/mol.